The van der Waals surface area contributed by atoms with Crippen molar-refractivity contribution in [1.29, 1.82) is 0 Å². The average Bonchev–Trinajstić information content (AvgIpc) is 2.59. The lowest BCUT2D eigenvalue weighted by atomic mass is 9.87. The van der Waals surface area contributed by atoms with Gasteiger partial charge in [-0.25, -0.2) is 4.79 Å². The lowest BCUT2D eigenvalue weighted by Gasteiger charge is -2.36. The first-order chi connectivity index (χ1) is 9.73. The van der Waals surface area contributed by atoms with Gasteiger partial charge in [-0.1, -0.05) is 0 Å². The van der Waals surface area contributed by atoms with E-state index in [9.17, 15) is 4.79 Å². The number of furan rings is 1. The number of alkyl carbamates (subject to hydrolysis) is 1. The number of nitrogens with one attached hydrogen (secondary N) is 2. The third-order valence-corrected chi connectivity index (χ3v) is 4.83. The summed E-state index contributed by atoms with van der Waals surface area (Å²) >= 11 is 6.70. The molecule has 0 radical (unpaired) electrons. The fourth-order valence-corrected chi connectivity index (χ4v) is 2.76. The normalized spacial score (nSPS) is 21.8. The highest BCUT2D eigenvalue weighted by Crippen LogP contribution is 2.27. The fraction of sp³-hybridized carbons (Fsp3) is 0.643. The van der Waals surface area contributed by atoms with Crippen molar-refractivity contribution in [1.82, 2.24) is 10.6 Å². The molecule has 0 bridgehead atoms. The Kier molecular flexibility index (Phi) is 5.38. The number of halogens is 2. The predicted octanol–water partition coefficient (Wildman–Crippen LogP) is 3.95. The fourth-order valence-electron chi connectivity index (χ4n) is 2.10. The molecule has 2 rings (SSSR count). The number of carbonyl (C=O) groups is 1. The molecule has 21 heavy (non-hydrogen) atoms. The minimum absolute atomic E-state index is 0.187. The summed E-state index contributed by atoms with van der Waals surface area (Å²) in [6.07, 6.45) is 1.47. The number of hydrogen-bond acceptors (Lipinski definition) is 4. The Balaban J connectivity index is 1.64. The van der Waals surface area contributed by atoms with Crippen molar-refractivity contribution in [2.24, 2.45) is 0 Å². The van der Waals surface area contributed by atoms with Crippen molar-refractivity contribution < 1.29 is 13.9 Å². The van der Waals surface area contributed by atoms with Crippen LogP contribution in [0.5, 0.6) is 0 Å². The van der Waals surface area contributed by atoms with Crippen molar-refractivity contribution in [3.05, 3.63) is 21.0 Å². The van der Waals surface area contributed by atoms with Gasteiger partial charge >= 0.3 is 6.09 Å². The molecule has 0 spiro atoms. The van der Waals surface area contributed by atoms with Gasteiger partial charge in [0.25, 0.3) is 0 Å². The molecule has 7 heteroatoms. The molecule has 5 nitrogen and oxygen atoms in total. The summed E-state index contributed by atoms with van der Waals surface area (Å²) in [4.78, 5) is 11.6. The van der Waals surface area contributed by atoms with E-state index in [0.29, 0.717) is 17.3 Å². The van der Waals surface area contributed by atoms with Gasteiger partial charge in [-0.05, 0) is 71.5 Å². The maximum absolute atomic E-state index is 11.6. The summed E-state index contributed by atoms with van der Waals surface area (Å²) in [7, 11) is 0. The van der Waals surface area contributed by atoms with Crippen molar-refractivity contribution >= 4 is 38.0 Å². The van der Waals surface area contributed by atoms with Gasteiger partial charge in [0.15, 0.2) is 4.67 Å². The number of rotatable bonds is 4. The van der Waals surface area contributed by atoms with Crippen molar-refractivity contribution in [3.63, 3.8) is 0 Å². The molecule has 0 saturated heterocycles. The molecule has 1 aromatic heterocycles. The Labute approximate surface area is 141 Å². The third kappa shape index (κ3) is 5.30. The highest BCUT2D eigenvalue weighted by Gasteiger charge is 2.31. The number of amides is 1. The van der Waals surface area contributed by atoms with E-state index in [4.69, 9.17) is 9.15 Å². The molecule has 1 heterocycles. The molecule has 1 saturated carbocycles. The molecular weight excluding hydrogens is 404 g/mol. The molecule has 1 aliphatic carbocycles. The maximum Gasteiger partial charge on any atom is 0.407 e. The molecule has 1 aliphatic rings. The van der Waals surface area contributed by atoms with Crippen LogP contribution in [0.25, 0.3) is 0 Å². The van der Waals surface area contributed by atoms with Crippen molar-refractivity contribution in [2.75, 3.05) is 0 Å². The largest absolute Gasteiger partial charge is 0.452 e. The van der Waals surface area contributed by atoms with Gasteiger partial charge in [0, 0.05) is 12.1 Å². The zero-order chi connectivity index (χ0) is 15.6. The second kappa shape index (κ2) is 6.71. The standard InChI is InChI=1S/C14H20Br2N2O3/c1-14(2,3)21-13(19)18-9-4-8(5-9)17-7-10-6-11(15)12(16)20-10/h6,8-9,17H,4-5,7H2,1-3H3,(H,18,19). The third-order valence-electron chi connectivity index (χ3n) is 3.12. The Bertz CT molecular complexity index is 485. The summed E-state index contributed by atoms with van der Waals surface area (Å²) in [5.41, 5.74) is -0.453. The maximum atomic E-state index is 11.6. The molecule has 1 aromatic rings. The van der Waals surface area contributed by atoms with Crippen LogP contribution in [0.2, 0.25) is 0 Å². The highest BCUT2D eigenvalue weighted by molar-refractivity contribution is 9.13. The highest BCUT2D eigenvalue weighted by atomic mass is 79.9. The minimum Gasteiger partial charge on any atom is -0.452 e. The Morgan fingerprint density at radius 2 is 2.05 bits per heavy atom. The van der Waals surface area contributed by atoms with E-state index in [1.54, 1.807) is 0 Å². The summed E-state index contributed by atoms with van der Waals surface area (Å²) in [6.45, 7) is 6.25. The van der Waals surface area contributed by atoms with Crippen LogP contribution in [0.1, 0.15) is 39.4 Å². The monoisotopic (exact) mass is 422 g/mol. The van der Waals surface area contributed by atoms with E-state index < -0.39 is 5.60 Å². The van der Waals surface area contributed by atoms with E-state index >= 15 is 0 Å². The van der Waals surface area contributed by atoms with Gasteiger partial charge in [0.1, 0.15) is 11.4 Å². The van der Waals surface area contributed by atoms with Gasteiger partial charge in [0.05, 0.1) is 11.0 Å². The van der Waals surface area contributed by atoms with Crippen molar-refractivity contribution in [2.45, 2.75) is 57.8 Å². The molecule has 0 atom stereocenters. The summed E-state index contributed by atoms with van der Waals surface area (Å²) in [5.74, 6) is 0.873. The topological polar surface area (TPSA) is 63.5 Å². The Morgan fingerprint density at radius 3 is 2.57 bits per heavy atom. The van der Waals surface area contributed by atoms with Gasteiger partial charge in [-0.3, -0.25) is 0 Å². The second-order valence-electron chi connectivity index (χ2n) is 6.23. The zero-order valence-corrected chi connectivity index (χ0v) is 15.5. The lowest BCUT2D eigenvalue weighted by molar-refractivity contribution is 0.0464. The SMILES string of the molecule is CC(C)(C)OC(=O)NC1CC(NCc2cc(Br)c(Br)o2)C1. The van der Waals surface area contributed by atoms with E-state index in [-0.39, 0.29) is 12.1 Å². The smallest absolute Gasteiger partial charge is 0.407 e. The molecular formula is C14H20Br2N2O3. The van der Waals surface area contributed by atoms with Crippen LogP contribution in [0, 0.1) is 0 Å². The number of ether oxygens (including phenoxy) is 1. The molecule has 0 aliphatic heterocycles. The Hall–Kier alpha value is -0.530. The first kappa shape index (κ1) is 16.8. The van der Waals surface area contributed by atoms with E-state index in [0.717, 1.165) is 23.1 Å². The molecule has 1 fully saturated rings. The van der Waals surface area contributed by atoms with Crippen molar-refractivity contribution in [3.8, 4) is 0 Å². The zero-order valence-electron chi connectivity index (χ0n) is 12.3. The number of hydrogen-bond donors (Lipinski definition) is 2. The van der Waals surface area contributed by atoms with E-state index in [1.165, 1.54) is 0 Å². The van der Waals surface area contributed by atoms with E-state index in [1.807, 2.05) is 26.8 Å². The van der Waals surface area contributed by atoms with E-state index in [2.05, 4.69) is 42.5 Å². The van der Waals surface area contributed by atoms with Gasteiger partial charge in [-0.15, -0.1) is 0 Å². The van der Waals surface area contributed by atoms with Crippen LogP contribution in [0.3, 0.4) is 0 Å². The summed E-state index contributed by atoms with van der Waals surface area (Å²) in [6, 6.07) is 2.52. The minimum atomic E-state index is -0.453. The molecule has 0 aromatic carbocycles. The quantitative estimate of drug-likeness (QED) is 0.769. The Morgan fingerprint density at radius 1 is 1.38 bits per heavy atom. The van der Waals surface area contributed by atoms with Crippen LogP contribution in [0.4, 0.5) is 4.79 Å². The predicted molar refractivity (Wildman–Crippen MR) is 87.1 cm³/mol. The van der Waals surface area contributed by atoms with Crippen LogP contribution >= 0.6 is 31.9 Å². The first-order valence-corrected chi connectivity index (χ1v) is 8.48. The lowest BCUT2D eigenvalue weighted by Crippen LogP contribution is -2.52. The second-order valence-corrected chi connectivity index (χ2v) is 7.80. The first-order valence-electron chi connectivity index (χ1n) is 6.89. The van der Waals surface area contributed by atoms with Crippen LogP contribution < -0.4 is 10.6 Å². The molecule has 118 valence electrons. The van der Waals surface area contributed by atoms with Crippen LogP contribution in [-0.4, -0.2) is 23.8 Å². The average molecular weight is 424 g/mol. The van der Waals surface area contributed by atoms with Gasteiger partial charge in [-0.2, -0.15) is 0 Å². The summed E-state index contributed by atoms with van der Waals surface area (Å²) in [5, 5.41) is 6.27. The van der Waals surface area contributed by atoms with Crippen LogP contribution in [0.15, 0.2) is 19.6 Å². The van der Waals surface area contributed by atoms with Gasteiger partial charge in [0.2, 0.25) is 0 Å². The van der Waals surface area contributed by atoms with Crippen LogP contribution in [-0.2, 0) is 11.3 Å². The molecule has 1 amide bonds. The number of carbonyl (C=O) groups excluding carboxylic acids is 1. The summed E-state index contributed by atoms with van der Waals surface area (Å²) < 4.78 is 12.3. The molecule has 0 unspecified atom stereocenters. The molecule has 2 N–H and O–H groups in total. The van der Waals surface area contributed by atoms with Gasteiger partial charge < -0.3 is 19.8 Å².